The molecule has 2 heterocycles. The smallest absolute Gasteiger partial charge is 0.229 e. The third kappa shape index (κ3) is 2.84. The van der Waals surface area contributed by atoms with Gasteiger partial charge in [0.25, 0.3) is 0 Å². The van der Waals surface area contributed by atoms with E-state index in [1.165, 1.54) is 12.8 Å². The fourth-order valence-corrected chi connectivity index (χ4v) is 2.46. The first-order valence-corrected chi connectivity index (χ1v) is 6.43. The van der Waals surface area contributed by atoms with Gasteiger partial charge in [-0.25, -0.2) is 0 Å². The molecule has 5 nitrogen and oxygen atoms in total. The van der Waals surface area contributed by atoms with Crippen molar-refractivity contribution in [1.82, 2.24) is 15.0 Å². The zero-order valence-corrected chi connectivity index (χ0v) is 11.6. The third-order valence-corrected chi connectivity index (χ3v) is 3.91. The fourth-order valence-electron chi connectivity index (χ4n) is 2.46. The molecule has 1 saturated heterocycles. The Balaban J connectivity index is 0.00000120. The molecule has 1 atom stereocenters. The minimum atomic E-state index is 0. The Bertz CT molecular complexity index is 407. The Kier molecular flexibility index (Phi) is 3.94. The standard InChI is InChI=1S/C12H20N4O.ClH/c1-12(7-13)4-5-16(8-12)6-10-14-11(17-15-10)9-2-3-9;/h9H,2-8,13H2,1H3;1H. The Morgan fingerprint density at radius 1 is 1.50 bits per heavy atom. The lowest BCUT2D eigenvalue weighted by molar-refractivity contribution is 0.264. The van der Waals surface area contributed by atoms with E-state index in [1.807, 2.05) is 0 Å². The van der Waals surface area contributed by atoms with Gasteiger partial charge in [0, 0.05) is 12.5 Å². The summed E-state index contributed by atoms with van der Waals surface area (Å²) in [6.07, 6.45) is 3.57. The van der Waals surface area contributed by atoms with Crippen LogP contribution in [-0.2, 0) is 6.54 Å². The molecule has 102 valence electrons. The van der Waals surface area contributed by atoms with Gasteiger partial charge in [-0.2, -0.15) is 4.98 Å². The van der Waals surface area contributed by atoms with Gasteiger partial charge in [-0.1, -0.05) is 12.1 Å². The van der Waals surface area contributed by atoms with Crippen molar-refractivity contribution in [2.45, 2.75) is 38.6 Å². The van der Waals surface area contributed by atoms with Gasteiger partial charge in [0.1, 0.15) is 0 Å². The van der Waals surface area contributed by atoms with Crippen LogP contribution in [0.25, 0.3) is 0 Å². The van der Waals surface area contributed by atoms with Crippen LogP contribution in [0, 0.1) is 5.41 Å². The van der Waals surface area contributed by atoms with Gasteiger partial charge in [0.15, 0.2) is 5.82 Å². The maximum atomic E-state index is 5.80. The first kappa shape index (κ1) is 13.8. The normalized spacial score (nSPS) is 28.3. The van der Waals surface area contributed by atoms with Crippen molar-refractivity contribution in [3.63, 3.8) is 0 Å². The molecule has 1 aliphatic carbocycles. The number of aromatic nitrogens is 2. The summed E-state index contributed by atoms with van der Waals surface area (Å²) in [5, 5.41) is 4.06. The number of rotatable bonds is 4. The monoisotopic (exact) mass is 272 g/mol. The summed E-state index contributed by atoms with van der Waals surface area (Å²) in [4.78, 5) is 6.83. The average molecular weight is 273 g/mol. The molecule has 0 radical (unpaired) electrons. The van der Waals surface area contributed by atoms with E-state index in [0.717, 1.165) is 44.3 Å². The molecule has 2 fully saturated rings. The van der Waals surface area contributed by atoms with Gasteiger partial charge in [-0.15, -0.1) is 12.4 Å². The topological polar surface area (TPSA) is 68.2 Å². The van der Waals surface area contributed by atoms with Crippen molar-refractivity contribution >= 4 is 12.4 Å². The van der Waals surface area contributed by atoms with E-state index in [0.29, 0.717) is 5.92 Å². The Morgan fingerprint density at radius 3 is 2.89 bits per heavy atom. The summed E-state index contributed by atoms with van der Waals surface area (Å²) in [6.45, 7) is 5.92. The average Bonchev–Trinajstić information content (AvgIpc) is 2.97. The van der Waals surface area contributed by atoms with Crippen molar-refractivity contribution in [3.05, 3.63) is 11.7 Å². The van der Waals surface area contributed by atoms with Crippen molar-refractivity contribution in [1.29, 1.82) is 0 Å². The molecule has 3 rings (SSSR count). The van der Waals surface area contributed by atoms with E-state index < -0.39 is 0 Å². The molecule has 0 aromatic carbocycles. The molecular formula is C12H21ClN4O. The molecule has 0 bridgehead atoms. The zero-order valence-electron chi connectivity index (χ0n) is 10.8. The highest BCUT2D eigenvalue weighted by atomic mass is 35.5. The SMILES string of the molecule is CC1(CN)CCN(Cc2noc(C3CC3)n2)C1.Cl. The van der Waals surface area contributed by atoms with Crippen LogP contribution in [0.15, 0.2) is 4.52 Å². The number of nitrogens with zero attached hydrogens (tertiary/aromatic N) is 3. The van der Waals surface area contributed by atoms with E-state index in [1.54, 1.807) is 0 Å². The van der Waals surface area contributed by atoms with Gasteiger partial charge in [0.2, 0.25) is 5.89 Å². The third-order valence-electron chi connectivity index (χ3n) is 3.91. The molecule has 1 aromatic rings. The van der Waals surface area contributed by atoms with Crippen LogP contribution in [0.3, 0.4) is 0 Å². The molecule has 0 amide bonds. The van der Waals surface area contributed by atoms with E-state index in [4.69, 9.17) is 10.3 Å². The quantitative estimate of drug-likeness (QED) is 0.900. The number of nitrogens with two attached hydrogens (primary N) is 1. The Hall–Kier alpha value is -0.650. The van der Waals surface area contributed by atoms with Crippen molar-refractivity contribution < 1.29 is 4.52 Å². The number of halogens is 1. The van der Waals surface area contributed by atoms with Crippen LogP contribution in [0.5, 0.6) is 0 Å². The minimum absolute atomic E-state index is 0. The minimum Gasteiger partial charge on any atom is -0.339 e. The van der Waals surface area contributed by atoms with E-state index in [-0.39, 0.29) is 17.8 Å². The second-order valence-electron chi connectivity index (χ2n) is 5.80. The van der Waals surface area contributed by atoms with Crippen LogP contribution in [0.1, 0.15) is 43.8 Å². The van der Waals surface area contributed by atoms with Crippen LogP contribution in [0.4, 0.5) is 0 Å². The molecule has 0 spiro atoms. The molecule has 6 heteroatoms. The van der Waals surface area contributed by atoms with E-state index in [2.05, 4.69) is 22.0 Å². The van der Waals surface area contributed by atoms with Gasteiger partial charge in [-0.05, 0) is 37.8 Å². The molecule has 1 aromatic heterocycles. The molecule has 2 N–H and O–H groups in total. The lowest BCUT2D eigenvalue weighted by Crippen LogP contribution is -2.31. The largest absolute Gasteiger partial charge is 0.339 e. The Morgan fingerprint density at radius 2 is 2.28 bits per heavy atom. The van der Waals surface area contributed by atoms with Crippen LogP contribution in [-0.4, -0.2) is 34.7 Å². The van der Waals surface area contributed by atoms with Crippen LogP contribution in [0.2, 0.25) is 0 Å². The molecule has 1 saturated carbocycles. The van der Waals surface area contributed by atoms with Gasteiger partial charge in [0.05, 0.1) is 6.54 Å². The summed E-state index contributed by atoms with van der Waals surface area (Å²) in [5.74, 6) is 2.21. The number of likely N-dealkylation sites (tertiary alicyclic amines) is 1. The summed E-state index contributed by atoms with van der Waals surface area (Å²) >= 11 is 0. The number of hydrogen-bond donors (Lipinski definition) is 1. The highest BCUT2D eigenvalue weighted by Gasteiger charge is 2.34. The summed E-state index contributed by atoms with van der Waals surface area (Å²) < 4.78 is 5.26. The van der Waals surface area contributed by atoms with E-state index in [9.17, 15) is 0 Å². The van der Waals surface area contributed by atoms with Crippen LogP contribution < -0.4 is 5.73 Å². The molecule has 18 heavy (non-hydrogen) atoms. The first-order chi connectivity index (χ1) is 8.18. The lowest BCUT2D eigenvalue weighted by atomic mass is 9.90. The molecule has 1 unspecified atom stereocenters. The van der Waals surface area contributed by atoms with Crippen molar-refractivity contribution in [3.8, 4) is 0 Å². The van der Waals surface area contributed by atoms with Gasteiger partial charge >= 0.3 is 0 Å². The highest BCUT2D eigenvalue weighted by molar-refractivity contribution is 5.85. The van der Waals surface area contributed by atoms with Crippen molar-refractivity contribution in [2.24, 2.45) is 11.1 Å². The van der Waals surface area contributed by atoms with Crippen molar-refractivity contribution in [2.75, 3.05) is 19.6 Å². The van der Waals surface area contributed by atoms with Gasteiger partial charge < -0.3 is 10.3 Å². The predicted octanol–water partition coefficient (Wildman–Crippen LogP) is 1.54. The molecular weight excluding hydrogens is 252 g/mol. The maximum absolute atomic E-state index is 5.80. The second-order valence-corrected chi connectivity index (χ2v) is 5.80. The summed E-state index contributed by atoms with van der Waals surface area (Å²) in [7, 11) is 0. The van der Waals surface area contributed by atoms with Gasteiger partial charge in [-0.3, -0.25) is 4.90 Å². The Labute approximate surface area is 114 Å². The fraction of sp³-hybridized carbons (Fsp3) is 0.833. The highest BCUT2D eigenvalue weighted by Crippen LogP contribution is 2.39. The lowest BCUT2D eigenvalue weighted by Gasteiger charge is -2.21. The second kappa shape index (κ2) is 5.15. The van der Waals surface area contributed by atoms with E-state index >= 15 is 0 Å². The number of hydrogen-bond acceptors (Lipinski definition) is 5. The van der Waals surface area contributed by atoms with Crippen LogP contribution >= 0.6 is 12.4 Å². The predicted molar refractivity (Wildman–Crippen MR) is 70.6 cm³/mol. The first-order valence-electron chi connectivity index (χ1n) is 6.43. The molecule has 1 aliphatic heterocycles. The summed E-state index contributed by atoms with van der Waals surface area (Å²) in [5.41, 5.74) is 6.07. The zero-order chi connectivity index (χ0) is 11.9. The molecule has 2 aliphatic rings. The maximum Gasteiger partial charge on any atom is 0.229 e. The summed E-state index contributed by atoms with van der Waals surface area (Å²) in [6, 6.07) is 0.